The van der Waals surface area contributed by atoms with Crippen LogP contribution in [0.2, 0.25) is 0 Å². The third-order valence-corrected chi connectivity index (χ3v) is 2.93. The van der Waals surface area contributed by atoms with Crippen molar-refractivity contribution >= 4 is 5.97 Å². The third-order valence-electron chi connectivity index (χ3n) is 2.93. The van der Waals surface area contributed by atoms with Crippen LogP contribution in [-0.4, -0.2) is 16.7 Å². The Labute approximate surface area is 102 Å². The quantitative estimate of drug-likeness (QED) is 0.824. The molecular weight excluding hydrogens is 216 g/mol. The first-order chi connectivity index (χ1) is 8.01. The average Bonchev–Trinajstić information content (AvgIpc) is 2.31. The molecule has 1 unspecified atom stereocenters. The highest BCUT2D eigenvalue weighted by Gasteiger charge is 2.33. The van der Waals surface area contributed by atoms with Gasteiger partial charge >= 0.3 is 5.97 Å². The van der Waals surface area contributed by atoms with E-state index in [2.05, 4.69) is 6.92 Å². The molecule has 94 valence electrons. The van der Waals surface area contributed by atoms with Gasteiger partial charge in [0, 0.05) is 0 Å². The zero-order valence-electron chi connectivity index (χ0n) is 10.7. The van der Waals surface area contributed by atoms with E-state index in [0.717, 1.165) is 12.8 Å². The van der Waals surface area contributed by atoms with Crippen molar-refractivity contribution in [3.8, 4) is 5.75 Å². The van der Waals surface area contributed by atoms with Gasteiger partial charge in [0.15, 0.2) is 0 Å². The van der Waals surface area contributed by atoms with Crippen LogP contribution in [0, 0.1) is 0 Å². The lowest BCUT2D eigenvalue weighted by Crippen LogP contribution is -2.40. The molecule has 0 saturated heterocycles. The number of aryl methyl sites for hydroxylation is 1. The summed E-state index contributed by atoms with van der Waals surface area (Å²) >= 11 is 0. The minimum atomic E-state index is -1.15. The van der Waals surface area contributed by atoms with Crippen LogP contribution >= 0.6 is 0 Å². The maximum absolute atomic E-state index is 11.1. The Morgan fingerprint density at radius 2 is 1.88 bits per heavy atom. The number of ether oxygens (including phenoxy) is 1. The van der Waals surface area contributed by atoms with Crippen molar-refractivity contribution in [2.24, 2.45) is 0 Å². The van der Waals surface area contributed by atoms with E-state index in [-0.39, 0.29) is 0 Å². The Balaban J connectivity index is 2.77. The van der Waals surface area contributed by atoms with Crippen LogP contribution in [0.15, 0.2) is 24.3 Å². The zero-order chi connectivity index (χ0) is 12.9. The van der Waals surface area contributed by atoms with Crippen molar-refractivity contribution in [1.29, 1.82) is 0 Å². The lowest BCUT2D eigenvalue weighted by molar-refractivity contribution is -0.154. The number of hydrogen-bond acceptors (Lipinski definition) is 2. The molecule has 3 heteroatoms. The van der Waals surface area contributed by atoms with E-state index in [1.54, 1.807) is 13.8 Å². The first-order valence-corrected chi connectivity index (χ1v) is 6.03. The zero-order valence-corrected chi connectivity index (χ0v) is 10.7. The van der Waals surface area contributed by atoms with Gasteiger partial charge in [0.05, 0.1) is 0 Å². The van der Waals surface area contributed by atoms with Gasteiger partial charge in [0.25, 0.3) is 0 Å². The monoisotopic (exact) mass is 236 g/mol. The number of rotatable bonds is 6. The molecule has 0 aliphatic carbocycles. The van der Waals surface area contributed by atoms with Crippen molar-refractivity contribution in [2.75, 3.05) is 0 Å². The molecule has 0 bridgehead atoms. The predicted molar refractivity (Wildman–Crippen MR) is 67.4 cm³/mol. The Hall–Kier alpha value is -1.51. The molecule has 0 aliphatic heterocycles. The third kappa shape index (κ3) is 3.48. The van der Waals surface area contributed by atoms with Crippen molar-refractivity contribution in [3.63, 3.8) is 0 Å². The summed E-state index contributed by atoms with van der Waals surface area (Å²) in [7, 11) is 0. The number of hydrogen-bond donors (Lipinski definition) is 1. The molecule has 1 atom stereocenters. The first kappa shape index (κ1) is 13.6. The number of carboxylic acid groups (broad SMARTS) is 1. The minimum Gasteiger partial charge on any atom is -0.478 e. The van der Waals surface area contributed by atoms with E-state index in [9.17, 15) is 4.79 Å². The van der Waals surface area contributed by atoms with E-state index < -0.39 is 11.6 Å². The molecule has 17 heavy (non-hydrogen) atoms. The first-order valence-electron chi connectivity index (χ1n) is 6.03. The van der Waals surface area contributed by atoms with Gasteiger partial charge in [-0.1, -0.05) is 32.4 Å². The summed E-state index contributed by atoms with van der Waals surface area (Å²) in [5.41, 5.74) is 0.0973. The van der Waals surface area contributed by atoms with Crippen molar-refractivity contribution in [3.05, 3.63) is 29.8 Å². The van der Waals surface area contributed by atoms with E-state index in [1.807, 2.05) is 24.3 Å². The topological polar surface area (TPSA) is 46.5 Å². The molecule has 0 saturated carbocycles. The maximum atomic E-state index is 11.1. The van der Waals surface area contributed by atoms with Crippen molar-refractivity contribution < 1.29 is 14.6 Å². The van der Waals surface area contributed by atoms with Gasteiger partial charge in [-0.05, 0) is 37.5 Å². The second-order valence-electron chi connectivity index (χ2n) is 4.39. The minimum absolute atomic E-state index is 0.430. The summed E-state index contributed by atoms with van der Waals surface area (Å²) in [5.74, 6) is -0.325. The SMILES string of the molecule is CCCc1ccc(OC(C)(CC)C(=O)O)cc1. The largest absolute Gasteiger partial charge is 0.478 e. The fraction of sp³-hybridized carbons (Fsp3) is 0.500. The Morgan fingerprint density at radius 1 is 1.29 bits per heavy atom. The lowest BCUT2D eigenvalue weighted by Gasteiger charge is -2.24. The van der Waals surface area contributed by atoms with Gasteiger partial charge in [-0.2, -0.15) is 0 Å². The van der Waals surface area contributed by atoms with E-state index in [4.69, 9.17) is 9.84 Å². The van der Waals surface area contributed by atoms with Crippen molar-refractivity contribution in [2.45, 2.75) is 45.6 Å². The van der Waals surface area contributed by atoms with Crippen LogP contribution in [-0.2, 0) is 11.2 Å². The Bertz CT molecular complexity index is 370. The Morgan fingerprint density at radius 3 is 2.29 bits per heavy atom. The highest BCUT2D eigenvalue weighted by Crippen LogP contribution is 2.22. The molecule has 1 aromatic rings. The van der Waals surface area contributed by atoms with Gasteiger partial charge < -0.3 is 9.84 Å². The predicted octanol–water partition coefficient (Wildman–Crippen LogP) is 3.27. The van der Waals surface area contributed by atoms with E-state index in [0.29, 0.717) is 12.2 Å². The normalized spacial score (nSPS) is 14.1. The molecule has 0 fully saturated rings. The molecule has 1 aromatic carbocycles. The highest BCUT2D eigenvalue weighted by atomic mass is 16.5. The summed E-state index contributed by atoms with van der Waals surface area (Å²) in [6, 6.07) is 7.64. The molecule has 0 spiro atoms. The summed E-state index contributed by atoms with van der Waals surface area (Å²) in [6.45, 7) is 5.53. The average molecular weight is 236 g/mol. The lowest BCUT2D eigenvalue weighted by atomic mass is 10.0. The van der Waals surface area contributed by atoms with Gasteiger partial charge in [0.2, 0.25) is 5.60 Å². The molecule has 0 aromatic heterocycles. The molecule has 0 radical (unpaired) electrons. The van der Waals surface area contributed by atoms with Crippen LogP contribution < -0.4 is 4.74 Å². The van der Waals surface area contributed by atoms with Crippen LogP contribution in [0.3, 0.4) is 0 Å². The number of carbonyl (C=O) groups is 1. The van der Waals surface area contributed by atoms with E-state index in [1.165, 1.54) is 5.56 Å². The number of carboxylic acids is 1. The molecule has 0 heterocycles. The molecule has 1 rings (SSSR count). The molecule has 1 N–H and O–H groups in total. The van der Waals surface area contributed by atoms with E-state index >= 15 is 0 Å². The van der Waals surface area contributed by atoms with Crippen LogP contribution in [0.1, 0.15) is 39.2 Å². The summed E-state index contributed by atoms with van der Waals surface area (Å²) in [6.07, 6.45) is 2.56. The molecule has 3 nitrogen and oxygen atoms in total. The summed E-state index contributed by atoms with van der Waals surface area (Å²) < 4.78 is 5.55. The maximum Gasteiger partial charge on any atom is 0.347 e. The number of benzene rings is 1. The van der Waals surface area contributed by atoms with Gasteiger partial charge in [-0.15, -0.1) is 0 Å². The number of aliphatic carboxylic acids is 1. The smallest absolute Gasteiger partial charge is 0.347 e. The van der Waals surface area contributed by atoms with Crippen LogP contribution in [0.5, 0.6) is 5.75 Å². The van der Waals surface area contributed by atoms with Crippen LogP contribution in [0.25, 0.3) is 0 Å². The highest BCUT2D eigenvalue weighted by molar-refractivity contribution is 5.77. The van der Waals surface area contributed by atoms with Gasteiger partial charge in [-0.3, -0.25) is 0 Å². The summed E-state index contributed by atoms with van der Waals surface area (Å²) in [4.78, 5) is 11.1. The van der Waals surface area contributed by atoms with Gasteiger partial charge in [0.1, 0.15) is 5.75 Å². The second kappa shape index (κ2) is 5.71. The molecular formula is C14H20O3. The second-order valence-corrected chi connectivity index (χ2v) is 4.39. The fourth-order valence-electron chi connectivity index (χ4n) is 1.54. The Kier molecular flexibility index (Phi) is 4.55. The molecule has 0 aliphatic rings. The molecule has 0 amide bonds. The fourth-order valence-corrected chi connectivity index (χ4v) is 1.54. The van der Waals surface area contributed by atoms with Crippen LogP contribution in [0.4, 0.5) is 0 Å². The van der Waals surface area contributed by atoms with Crippen molar-refractivity contribution in [1.82, 2.24) is 0 Å². The summed E-state index contributed by atoms with van der Waals surface area (Å²) in [5, 5.41) is 9.11. The standard InChI is InChI=1S/C14H20O3/c1-4-6-11-7-9-12(10-8-11)17-14(3,5-2)13(15)16/h7-10H,4-6H2,1-3H3,(H,15,16). The van der Waals surface area contributed by atoms with Gasteiger partial charge in [-0.25, -0.2) is 4.79 Å².